The molecule has 20 heavy (non-hydrogen) atoms. The highest BCUT2D eigenvalue weighted by molar-refractivity contribution is 9.10. The number of nitrogens with zero attached hydrogens (tertiary/aromatic N) is 2. The zero-order chi connectivity index (χ0) is 14.8. The molecule has 2 N–H and O–H groups in total. The molecule has 0 aliphatic rings. The van der Waals surface area contributed by atoms with Crippen LogP contribution in [0.5, 0.6) is 0 Å². The van der Waals surface area contributed by atoms with Crippen LogP contribution in [0.1, 0.15) is 0 Å². The largest absolute Gasteiger partial charge is 0.394 e. The Bertz CT molecular complexity index is 717. The fraction of sp³-hybridized carbons (Fsp3) is 0.182. The van der Waals surface area contributed by atoms with Crippen molar-refractivity contribution in [3.8, 4) is 0 Å². The number of benzene rings is 1. The van der Waals surface area contributed by atoms with Crippen molar-refractivity contribution in [2.75, 3.05) is 11.3 Å². The predicted molar refractivity (Wildman–Crippen MR) is 79.3 cm³/mol. The van der Waals surface area contributed by atoms with Crippen molar-refractivity contribution >= 4 is 43.2 Å². The van der Waals surface area contributed by atoms with Gasteiger partial charge in [-0.05, 0) is 18.2 Å². The van der Waals surface area contributed by atoms with Crippen LogP contribution in [-0.4, -0.2) is 29.9 Å². The van der Waals surface area contributed by atoms with Gasteiger partial charge in [0, 0.05) is 10.7 Å². The van der Waals surface area contributed by atoms with E-state index in [9.17, 15) is 8.42 Å². The van der Waals surface area contributed by atoms with Crippen molar-refractivity contribution in [1.82, 2.24) is 9.78 Å². The quantitative estimate of drug-likeness (QED) is 0.832. The Kier molecular flexibility index (Phi) is 4.69. The van der Waals surface area contributed by atoms with E-state index in [0.717, 1.165) is 4.47 Å². The lowest BCUT2D eigenvalue weighted by Crippen LogP contribution is -2.12. The maximum absolute atomic E-state index is 12.2. The molecule has 0 atom stereocenters. The van der Waals surface area contributed by atoms with Gasteiger partial charge in [-0.3, -0.25) is 9.40 Å². The average Bonchev–Trinajstić information content (AvgIpc) is 2.83. The minimum absolute atomic E-state index is 0.00457. The summed E-state index contributed by atoms with van der Waals surface area (Å²) in [7, 11) is -3.76. The summed E-state index contributed by atoms with van der Waals surface area (Å²) in [4.78, 5) is 0.00457. The summed E-state index contributed by atoms with van der Waals surface area (Å²) in [6, 6.07) is 4.83. The highest BCUT2D eigenvalue weighted by atomic mass is 79.9. The molecule has 9 heteroatoms. The van der Waals surface area contributed by atoms with Gasteiger partial charge in [0.2, 0.25) is 0 Å². The molecule has 2 aromatic rings. The third-order valence-corrected chi connectivity index (χ3v) is 4.55. The van der Waals surface area contributed by atoms with Crippen LogP contribution in [0.4, 0.5) is 5.69 Å². The summed E-state index contributed by atoms with van der Waals surface area (Å²) in [6.07, 6.45) is 2.55. The summed E-state index contributed by atoms with van der Waals surface area (Å²) in [5, 5.41) is 12.9. The van der Waals surface area contributed by atoms with Crippen LogP contribution in [0.25, 0.3) is 0 Å². The number of hydrogen-bond donors (Lipinski definition) is 2. The van der Waals surface area contributed by atoms with E-state index in [0.29, 0.717) is 0 Å². The molecule has 0 amide bonds. The third kappa shape index (κ3) is 3.51. The minimum atomic E-state index is -3.76. The SMILES string of the molecule is O=S(=O)(Nc1ccc(Br)cc1Cl)c1cnn(CCO)c1. The fourth-order valence-corrected chi connectivity index (χ4v) is 3.29. The van der Waals surface area contributed by atoms with Gasteiger partial charge in [0.1, 0.15) is 4.90 Å². The van der Waals surface area contributed by atoms with Crippen molar-refractivity contribution in [2.45, 2.75) is 11.4 Å². The van der Waals surface area contributed by atoms with Crippen molar-refractivity contribution < 1.29 is 13.5 Å². The van der Waals surface area contributed by atoms with E-state index in [4.69, 9.17) is 16.7 Å². The molecule has 1 heterocycles. The summed E-state index contributed by atoms with van der Waals surface area (Å²) in [5.74, 6) is 0. The second kappa shape index (κ2) is 6.13. The van der Waals surface area contributed by atoms with Crippen LogP contribution in [0, 0.1) is 0 Å². The Morgan fingerprint density at radius 3 is 2.85 bits per heavy atom. The highest BCUT2D eigenvalue weighted by Gasteiger charge is 2.18. The van der Waals surface area contributed by atoms with Crippen molar-refractivity contribution in [3.63, 3.8) is 0 Å². The number of aromatic nitrogens is 2. The number of halogens is 2. The Hall–Kier alpha value is -1.09. The molecule has 1 aromatic carbocycles. The molecule has 0 bridgehead atoms. The van der Waals surface area contributed by atoms with Gasteiger partial charge in [-0.25, -0.2) is 8.42 Å². The standard InChI is InChI=1S/C11H11BrClN3O3S/c12-8-1-2-11(10(13)5-8)15-20(18,19)9-6-14-16(7-9)3-4-17/h1-2,5-7,15,17H,3-4H2. The normalized spacial score (nSPS) is 11.6. The second-order valence-corrected chi connectivity index (χ2v) is 6.90. The number of sulfonamides is 1. The molecule has 0 saturated heterocycles. The van der Waals surface area contributed by atoms with Gasteiger partial charge in [-0.1, -0.05) is 27.5 Å². The van der Waals surface area contributed by atoms with E-state index in [1.807, 2.05) is 0 Å². The number of rotatable bonds is 5. The Morgan fingerprint density at radius 1 is 1.45 bits per heavy atom. The first kappa shape index (κ1) is 15.3. The molecule has 0 spiro atoms. The second-order valence-electron chi connectivity index (χ2n) is 3.89. The molecule has 0 radical (unpaired) electrons. The van der Waals surface area contributed by atoms with Crippen LogP contribution in [0.2, 0.25) is 5.02 Å². The molecular formula is C11H11BrClN3O3S. The maximum Gasteiger partial charge on any atom is 0.265 e. The summed E-state index contributed by atoms with van der Waals surface area (Å²) >= 11 is 9.21. The zero-order valence-electron chi connectivity index (χ0n) is 10.1. The zero-order valence-corrected chi connectivity index (χ0v) is 13.3. The molecule has 6 nitrogen and oxygen atoms in total. The molecule has 1 aromatic heterocycles. The molecule has 2 rings (SSSR count). The van der Waals surface area contributed by atoms with Crippen molar-refractivity contribution in [2.24, 2.45) is 0 Å². The Morgan fingerprint density at radius 2 is 2.20 bits per heavy atom. The van der Waals surface area contributed by atoms with Crippen LogP contribution >= 0.6 is 27.5 Å². The van der Waals surface area contributed by atoms with E-state index in [2.05, 4.69) is 25.8 Å². The molecule has 0 fully saturated rings. The average molecular weight is 381 g/mol. The number of aliphatic hydroxyl groups excluding tert-OH is 1. The number of aliphatic hydroxyl groups is 1. The lowest BCUT2D eigenvalue weighted by atomic mass is 10.3. The highest BCUT2D eigenvalue weighted by Crippen LogP contribution is 2.27. The summed E-state index contributed by atoms with van der Waals surface area (Å²) < 4.78 is 28.8. The topological polar surface area (TPSA) is 84.2 Å². The molecular weight excluding hydrogens is 370 g/mol. The van der Waals surface area contributed by atoms with Gasteiger partial charge in [-0.2, -0.15) is 5.10 Å². The first-order valence-corrected chi connectivity index (χ1v) is 8.19. The predicted octanol–water partition coefficient (Wildman–Crippen LogP) is 2.09. The van der Waals surface area contributed by atoms with Gasteiger partial charge < -0.3 is 5.11 Å². The number of anilines is 1. The van der Waals surface area contributed by atoms with Crippen molar-refractivity contribution in [1.29, 1.82) is 0 Å². The summed E-state index contributed by atoms with van der Waals surface area (Å²) in [5.41, 5.74) is 0.282. The summed E-state index contributed by atoms with van der Waals surface area (Å²) in [6.45, 7) is 0.113. The lowest BCUT2D eigenvalue weighted by Gasteiger charge is -2.08. The van der Waals surface area contributed by atoms with Gasteiger partial charge in [0.25, 0.3) is 10.0 Å². The van der Waals surface area contributed by atoms with Crippen molar-refractivity contribution in [3.05, 3.63) is 40.1 Å². The van der Waals surface area contributed by atoms with E-state index < -0.39 is 10.0 Å². The molecule has 0 saturated carbocycles. The van der Waals surface area contributed by atoms with Gasteiger partial charge >= 0.3 is 0 Å². The lowest BCUT2D eigenvalue weighted by molar-refractivity contribution is 0.269. The minimum Gasteiger partial charge on any atom is -0.394 e. The molecule has 0 unspecified atom stereocenters. The van der Waals surface area contributed by atoms with E-state index in [-0.39, 0.29) is 28.8 Å². The molecule has 0 aliphatic heterocycles. The molecule has 108 valence electrons. The van der Waals surface area contributed by atoms with Crippen LogP contribution < -0.4 is 4.72 Å². The first-order chi connectivity index (χ1) is 9.42. The molecule has 0 aliphatic carbocycles. The van der Waals surface area contributed by atoms with Gasteiger partial charge in [0.15, 0.2) is 0 Å². The Labute approximate surface area is 129 Å². The van der Waals surface area contributed by atoms with Crippen LogP contribution in [-0.2, 0) is 16.6 Å². The third-order valence-electron chi connectivity index (χ3n) is 2.42. The Balaban J connectivity index is 2.26. The number of nitrogens with one attached hydrogen (secondary N) is 1. The fourth-order valence-electron chi connectivity index (χ4n) is 1.48. The van der Waals surface area contributed by atoms with Crippen LogP contribution in [0.3, 0.4) is 0 Å². The monoisotopic (exact) mass is 379 g/mol. The van der Waals surface area contributed by atoms with Crippen LogP contribution in [0.15, 0.2) is 40.0 Å². The van der Waals surface area contributed by atoms with E-state index in [1.54, 1.807) is 18.2 Å². The first-order valence-electron chi connectivity index (χ1n) is 5.53. The van der Waals surface area contributed by atoms with E-state index in [1.165, 1.54) is 17.1 Å². The van der Waals surface area contributed by atoms with Gasteiger partial charge in [-0.15, -0.1) is 0 Å². The smallest absolute Gasteiger partial charge is 0.265 e. The van der Waals surface area contributed by atoms with Gasteiger partial charge in [0.05, 0.1) is 30.1 Å². The van der Waals surface area contributed by atoms with E-state index >= 15 is 0 Å². The maximum atomic E-state index is 12.2. The number of hydrogen-bond acceptors (Lipinski definition) is 4.